The topological polar surface area (TPSA) is 31.4 Å². The quantitative estimate of drug-likeness (QED) is 0.197. The molecule has 0 atom stereocenters. The van der Waals surface area contributed by atoms with Crippen LogP contribution >= 0.6 is 0 Å². The molecule has 0 saturated heterocycles. The van der Waals surface area contributed by atoms with Crippen molar-refractivity contribution in [1.82, 2.24) is 4.98 Å². The molecular weight excluding hydrogens is 549 g/mol. The van der Waals surface area contributed by atoms with E-state index < -0.39 is 0 Å². The van der Waals surface area contributed by atoms with Gasteiger partial charge in [0.25, 0.3) is 6.71 Å². The van der Waals surface area contributed by atoms with Gasteiger partial charge in [-0.2, -0.15) is 0 Å². The first-order valence-corrected chi connectivity index (χ1v) is 15.2. The summed E-state index contributed by atoms with van der Waals surface area (Å²) in [7, 11) is 0. The van der Waals surface area contributed by atoms with Crippen LogP contribution in [0.3, 0.4) is 0 Å². The van der Waals surface area contributed by atoms with Crippen molar-refractivity contribution < 1.29 is 9.47 Å². The predicted octanol–water partition coefficient (Wildman–Crippen LogP) is 8.48. The average molecular weight is 575 g/mol. The third-order valence-electron chi connectivity index (χ3n) is 8.85. The maximum absolute atomic E-state index is 6.78. The Bertz CT molecular complexity index is 2100. The minimum absolute atomic E-state index is 0.00829. The highest BCUT2D eigenvalue weighted by Crippen LogP contribution is 2.40. The summed E-state index contributed by atoms with van der Waals surface area (Å²) in [6.07, 6.45) is 1.83. The molecule has 0 amide bonds. The Kier molecular flexibility index (Phi) is 5.92. The van der Waals surface area contributed by atoms with Crippen LogP contribution in [-0.4, -0.2) is 11.7 Å². The summed E-state index contributed by atoms with van der Waals surface area (Å²) in [5, 5.41) is 0. The largest absolute Gasteiger partial charge is 0.458 e. The second kappa shape index (κ2) is 10.4. The molecule has 0 aliphatic carbocycles. The molecule has 9 rings (SSSR count). The van der Waals surface area contributed by atoms with E-state index in [2.05, 4.69) is 126 Å². The van der Waals surface area contributed by atoms with Gasteiger partial charge in [0.2, 0.25) is 0 Å². The van der Waals surface area contributed by atoms with Crippen molar-refractivity contribution in [3.8, 4) is 67.6 Å². The first kappa shape index (κ1) is 25.6. The van der Waals surface area contributed by atoms with Crippen molar-refractivity contribution in [2.45, 2.75) is 0 Å². The van der Waals surface area contributed by atoms with Gasteiger partial charge < -0.3 is 9.47 Å². The second-order valence-electron chi connectivity index (χ2n) is 11.6. The molecule has 4 heteroatoms. The molecule has 0 unspecified atom stereocenters. The summed E-state index contributed by atoms with van der Waals surface area (Å²) < 4.78 is 13.6. The van der Waals surface area contributed by atoms with Gasteiger partial charge >= 0.3 is 0 Å². The molecule has 0 fully saturated rings. The summed E-state index contributed by atoms with van der Waals surface area (Å²) in [5.41, 5.74) is 12.1. The molecule has 0 saturated carbocycles. The lowest BCUT2D eigenvalue weighted by Gasteiger charge is -2.34. The molecule has 2 aliphatic heterocycles. The van der Waals surface area contributed by atoms with Crippen LogP contribution in [0.2, 0.25) is 0 Å². The first-order valence-electron chi connectivity index (χ1n) is 15.2. The van der Waals surface area contributed by atoms with E-state index in [4.69, 9.17) is 9.47 Å². The Hall–Kier alpha value is -5.87. The van der Waals surface area contributed by atoms with E-state index in [9.17, 15) is 0 Å². The summed E-state index contributed by atoms with van der Waals surface area (Å²) >= 11 is 0. The minimum Gasteiger partial charge on any atom is -0.458 e. The van der Waals surface area contributed by atoms with Gasteiger partial charge in [0, 0.05) is 17.2 Å². The van der Waals surface area contributed by atoms with Crippen LogP contribution in [0.5, 0.6) is 23.0 Å². The van der Waals surface area contributed by atoms with Gasteiger partial charge in [-0.15, -0.1) is 0 Å². The van der Waals surface area contributed by atoms with Crippen LogP contribution in [-0.2, 0) is 0 Å². The van der Waals surface area contributed by atoms with Gasteiger partial charge in [0.05, 0.1) is 5.69 Å². The Balaban J connectivity index is 1.22. The number of fused-ring (bicyclic) bond motifs is 4. The molecule has 0 spiro atoms. The van der Waals surface area contributed by atoms with Crippen LogP contribution in [0.15, 0.2) is 158 Å². The van der Waals surface area contributed by atoms with Gasteiger partial charge in [0.1, 0.15) is 23.0 Å². The van der Waals surface area contributed by atoms with Crippen molar-refractivity contribution in [2.24, 2.45) is 0 Å². The van der Waals surface area contributed by atoms with Crippen molar-refractivity contribution >= 4 is 23.1 Å². The zero-order valence-electron chi connectivity index (χ0n) is 24.4. The SMILES string of the molecule is c1ccc(-c2ccc3c(c2)Oc2cc(-c4cccc(-c5ccccn5)c4)cc4c2B3c2ccc(-c3ccccc3)cc2O4)cc1. The van der Waals surface area contributed by atoms with Gasteiger partial charge in [-0.25, -0.2) is 0 Å². The van der Waals surface area contributed by atoms with Gasteiger partial charge in [-0.3, -0.25) is 4.98 Å². The summed E-state index contributed by atoms with van der Waals surface area (Å²) in [4.78, 5) is 4.57. The zero-order chi connectivity index (χ0) is 29.7. The van der Waals surface area contributed by atoms with Crippen molar-refractivity contribution in [3.63, 3.8) is 0 Å². The second-order valence-corrected chi connectivity index (χ2v) is 11.6. The smallest absolute Gasteiger partial charge is 0.260 e. The number of ether oxygens (including phenoxy) is 2. The minimum atomic E-state index is -0.00829. The molecule has 1 aromatic heterocycles. The number of benzene rings is 6. The van der Waals surface area contributed by atoms with E-state index in [1.807, 2.05) is 36.5 Å². The van der Waals surface area contributed by atoms with Crippen molar-refractivity contribution in [1.29, 1.82) is 0 Å². The lowest BCUT2D eigenvalue weighted by molar-refractivity contribution is 0.465. The molecule has 0 bridgehead atoms. The Labute approximate surface area is 262 Å². The molecule has 7 aromatic rings. The number of aromatic nitrogens is 1. The highest BCUT2D eigenvalue weighted by atomic mass is 16.5. The molecule has 210 valence electrons. The van der Waals surface area contributed by atoms with E-state index in [1.165, 1.54) is 0 Å². The molecule has 2 aliphatic rings. The molecule has 3 nitrogen and oxygen atoms in total. The highest BCUT2D eigenvalue weighted by molar-refractivity contribution is 6.98. The van der Waals surface area contributed by atoms with Gasteiger partial charge in [-0.1, -0.05) is 109 Å². The Morgan fingerprint density at radius 3 is 1.47 bits per heavy atom. The van der Waals surface area contributed by atoms with E-state index in [0.29, 0.717) is 0 Å². The van der Waals surface area contributed by atoms with Crippen molar-refractivity contribution in [3.05, 3.63) is 158 Å². The monoisotopic (exact) mass is 575 g/mol. The third kappa shape index (κ3) is 4.42. The maximum atomic E-state index is 6.78. The van der Waals surface area contributed by atoms with Crippen LogP contribution in [0, 0.1) is 0 Å². The molecule has 6 aromatic carbocycles. The lowest BCUT2D eigenvalue weighted by Crippen LogP contribution is -2.57. The Morgan fingerprint density at radius 2 is 0.889 bits per heavy atom. The van der Waals surface area contributed by atoms with Crippen LogP contribution in [0.1, 0.15) is 0 Å². The zero-order valence-corrected chi connectivity index (χ0v) is 24.4. The molecule has 0 N–H and O–H groups in total. The summed E-state index contributed by atoms with van der Waals surface area (Å²) in [6.45, 7) is -0.00829. The number of rotatable bonds is 4. The fraction of sp³-hybridized carbons (Fsp3) is 0. The van der Waals surface area contributed by atoms with Gasteiger partial charge in [-0.05, 0) is 86.8 Å². The normalized spacial score (nSPS) is 12.3. The standard InChI is InChI=1S/C41H26BNO2/c1-3-10-27(11-4-1)30-17-19-34-37(23-30)44-39-25-33(29-14-9-15-32(22-29)36-16-7-8-21-43-36)26-40-41(39)42(34)35-20-18-31(24-38(35)45-40)28-12-5-2-6-13-28/h1-26H. The average Bonchev–Trinajstić information content (AvgIpc) is 3.12. The maximum Gasteiger partial charge on any atom is 0.260 e. The summed E-state index contributed by atoms with van der Waals surface area (Å²) in [5.74, 6) is 3.40. The number of hydrogen-bond donors (Lipinski definition) is 0. The van der Waals surface area contributed by atoms with E-state index in [-0.39, 0.29) is 6.71 Å². The predicted molar refractivity (Wildman–Crippen MR) is 184 cm³/mol. The first-order chi connectivity index (χ1) is 22.3. The molecular formula is C41H26BNO2. The fourth-order valence-electron chi connectivity index (χ4n) is 6.67. The van der Waals surface area contributed by atoms with Crippen LogP contribution < -0.4 is 25.9 Å². The number of pyridine rings is 1. The van der Waals surface area contributed by atoms with Crippen LogP contribution in [0.4, 0.5) is 0 Å². The number of hydrogen-bond acceptors (Lipinski definition) is 3. The van der Waals surface area contributed by atoms with E-state index in [1.54, 1.807) is 0 Å². The molecule has 0 radical (unpaired) electrons. The lowest BCUT2D eigenvalue weighted by atomic mass is 9.34. The number of nitrogens with zero attached hydrogens (tertiary/aromatic N) is 1. The van der Waals surface area contributed by atoms with Gasteiger partial charge in [0.15, 0.2) is 0 Å². The van der Waals surface area contributed by atoms with Crippen LogP contribution in [0.25, 0.3) is 44.6 Å². The molecule has 3 heterocycles. The molecule has 45 heavy (non-hydrogen) atoms. The van der Waals surface area contributed by atoms with E-state index in [0.717, 1.165) is 84.0 Å². The summed E-state index contributed by atoms with van der Waals surface area (Å²) in [6, 6.07) is 52.9. The van der Waals surface area contributed by atoms with E-state index >= 15 is 0 Å². The third-order valence-corrected chi connectivity index (χ3v) is 8.85. The Morgan fingerprint density at radius 1 is 0.378 bits per heavy atom. The highest BCUT2D eigenvalue weighted by Gasteiger charge is 2.40. The fourth-order valence-corrected chi connectivity index (χ4v) is 6.67. The van der Waals surface area contributed by atoms with Crippen molar-refractivity contribution in [2.75, 3.05) is 0 Å².